The molecule has 0 saturated heterocycles. The molecule has 5 aromatic rings. The third-order valence-electron chi connectivity index (χ3n) is 4.89. The number of aromatic nitrogens is 4. The van der Waals surface area contributed by atoms with E-state index in [9.17, 15) is 18.3 Å². The molecule has 0 fully saturated rings. The molecular weight excluding hydrogens is 407 g/mol. The number of halogens is 3. The molecule has 0 aliphatic carbocycles. The Bertz CT molecular complexity index is 1430. The van der Waals surface area contributed by atoms with Crippen LogP contribution in [0.5, 0.6) is 5.75 Å². The Balaban J connectivity index is 1.74. The van der Waals surface area contributed by atoms with Gasteiger partial charge in [0, 0.05) is 16.3 Å². The summed E-state index contributed by atoms with van der Waals surface area (Å²) in [5.41, 5.74) is -0.128. The molecule has 0 unspecified atom stereocenters. The number of hydrogen-bond acceptors (Lipinski definition) is 5. The summed E-state index contributed by atoms with van der Waals surface area (Å²) in [6.45, 7) is 0. The largest absolute Gasteiger partial charge is 0.506 e. The van der Waals surface area contributed by atoms with Crippen LogP contribution in [0.4, 0.5) is 24.8 Å². The van der Waals surface area contributed by atoms with Crippen molar-refractivity contribution in [3.63, 3.8) is 0 Å². The van der Waals surface area contributed by atoms with Crippen molar-refractivity contribution in [1.82, 2.24) is 20.2 Å². The van der Waals surface area contributed by atoms with Gasteiger partial charge in [-0.2, -0.15) is 18.3 Å². The van der Waals surface area contributed by atoms with Crippen LogP contribution in [0.25, 0.3) is 33.2 Å². The van der Waals surface area contributed by atoms with Gasteiger partial charge in [0.15, 0.2) is 11.6 Å². The standard InChI is InChI=1S/C22H14F3N5O/c23-22(24,25)15-9-3-1-6-12(15)19-26-18-14(8-5-11-17(18)31)20(27-19)28-21-13-7-2-4-10-16(13)29-30-21/h1-11,31H,(H2,26,27,28,29,30). The van der Waals surface area contributed by atoms with Gasteiger partial charge in [-0.05, 0) is 30.3 Å². The van der Waals surface area contributed by atoms with Gasteiger partial charge in [0.1, 0.15) is 17.1 Å². The number of phenolic OH excluding ortho intramolecular Hbond substituents is 1. The summed E-state index contributed by atoms with van der Waals surface area (Å²) >= 11 is 0. The summed E-state index contributed by atoms with van der Waals surface area (Å²) in [5.74, 6) is 0.351. The van der Waals surface area contributed by atoms with E-state index in [1.54, 1.807) is 12.1 Å². The first-order chi connectivity index (χ1) is 14.9. The van der Waals surface area contributed by atoms with Gasteiger partial charge in [0.25, 0.3) is 0 Å². The van der Waals surface area contributed by atoms with E-state index in [1.165, 1.54) is 24.3 Å². The lowest BCUT2D eigenvalue weighted by atomic mass is 10.1. The van der Waals surface area contributed by atoms with Gasteiger partial charge >= 0.3 is 6.18 Å². The predicted octanol–water partition coefficient (Wildman–Crippen LogP) is 5.64. The Morgan fingerprint density at radius 1 is 0.806 bits per heavy atom. The Labute approximate surface area is 173 Å². The number of rotatable bonds is 3. The minimum absolute atomic E-state index is 0.131. The minimum Gasteiger partial charge on any atom is -0.506 e. The highest BCUT2D eigenvalue weighted by Crippen LogP contribution is 2.38. The van der Waals surface area contributed by atoms with Crippen molar-refractivity contribution in [2.75, 3.05) is 5.32 Å². The summed E-state index contributed by atoms with van der Waals surface area (Å²) in [6, 6.07) is 17.2. The van der Waals surface area contributed by atoms with Crippen molar-refractivity contribution in [3.8, 4) is 17.1 Å². The number of para-hydroxylation sites is 2. The fourth-order valence-corrected chi connectivity index (χ4v) is 3.45. The molecule has 0 bridgehead atoms. The molecule has 3 N–H and O–H groups in total. The normalized spacial score (nSPS) is 11.8. The van der Waals surface area contributed by atoms with Gasteiger partial charge in [0.05, 0.1) is 11.1 Å². The number of aromatic hydroxyl groups is 1. The van der Waals surface area contributed by atoms with Crippen LogP contribution in [-0.4, -0.2) is 25.3 Å². The number of nitrogens with one attached hydrogen (secondary N) is 2. The fourth-order valence-electron chi connectivity index (χ4n) is 3.45. The SMILES string of the molecule is Oc1cccc2c(Nc3n[nH]c4ccccc34)nc(-c3ccccc3C(F)(F)F)nc12. The van der Waals surface area contributed by atoms with Crippen LogP contribution in [0.2, 0.25) is 0 Å². The molecular formula is C22H14F3N5O. The number of fused-ring (bicyclic) bond motifs is 2. The van der Waals surface area contributed by atoms with E-state index < -0.39 is 11.7 Å². The maximum atomic E-state index is 13.6. The summed E-state index contributed by atoms with van der Waals surface area (Å²) in [7, 11) is 0. The van der Waals surface area contributed by atoms with E-state index >= 15 is 0 Å². The second kappa shape index (κ2) is 6.98. The second-order valence-corrected chi connectivity index (χ2v) is 6.86. The molecule has 0 amide bonds. The lowest BCUT2D eigenvalue weighted by molar-refractivity contribution is -0.137. The Kier molecular flexibility index (Phi) is 4.25. The summed E-state index contributed by atoms with van der Waals surface area (Å²) in [4.78, 5) is 8.62. The highest BCUT2D eigenvalue weighted by molar-refractivity contribution is 5.98. The number of anilines is 2. The highest BCUT2D eigenvalue weighted by Gasteiger charge is 2.34. The van der Waals surface area contributed by atoms with Crippen LogP contribution in [0.3, 0.4) is 0 Å². The fraction of sp³-hybridized carbons (Fsp3) is 0.0455. The lowest BCUT2D eigenvalue weighted by Crippen LogP contribution is -2.09. The van der Waals surface area contributed by atoms with Crippen LogP contribution < -0.4 is 5.32 Å². The number of nitrogens with zero attached hydrogens (tertiary/aromatic N) is 3. The molecule has 0 saturated carbocycles. The average molecular weight is 421 g/mol. The van der Waals surface area contributed by atoms with Crippen molar-refractivity contribution < 1.29 is 18.3 Å². The molecule has 9 heteroatoms. The van der Waals surface area contributed by atoms with Gasteiger partial charge in [0.2, 0.25) is 0 Å². The van der Waals surface area contributed by atoms with Crippen molar-refractivity contribution in [2.24, 2.45) is 0 Å². The number of alkyl halides is 3. The molecule has 0 aliphatic heterocycles. The quantitative estimate of drug-likeness (QED) is 0.351. The number of hydrogen-bond donors (Lipinski definition) is 3. The predicted molar refractivity (Wildman–Crippen MR) is 111 cm³/mol. The number of benzene rings is 3. The van der Waals surface area contributed by atoms with Gasteiger partial charge in [-0.1, -0.05) is 36.4 Å². The van der Waals surface area contributed by atoms with Crippen molar-refractivity contribution >= 4 is 33.4 Å². The molecule has 0 aliphatic rings. The lowest BCUT2D eigenvalue weighted by Gasteiger charge is -2.14. The number of H-pyrrole nitrogens is 1. The van der Waals surface area contributed by atoms with Gasteiger partial charge < -0.3 is 10.4 Å². The van der Waals surface area contributed by atoms with Crippen LogP contribution in [0, 0.1) is 0 Å². The third-order valence-corrected chi connectivity index (χ3v) is 4.89. The molecule has 2 heterocycles. The molecule has 2 aromatic heterocycles. The van der Waals surface area contributed by atoms with E-state index in [-0.39, 0.29) is 28.5 Å². The molecule has 3 aromatic carbocycles. The van der Waals surface area contributed by atoms with Crippen LogP contribution >= 0.6 is 0 Å². The first-order valence-electron chi connectivity index (χ1n) is 9.28. The number of phenols is 1. The van der Waals surface area contributed by atoms with Crippen molar-refractivity contribution in [3.05, 3.63) is 72.3 Å². The minimum atomic E-state index is -4.58. The Morgan fingerprint density at radius 2 is 1.55 bits per heavy atom. The van der Waals surface area contributed by atoms with Crippen LogP contribution in [0.15, 0.2) is 66.7 Å². The molecule has 0 spiro atoms. The monoisotopic (exact) mass is 421 g/mol. The molecule has 154 valence electrons. The molecule has 5 rings (SSSR count). The van der Waals surface area contributed by atoms with Crippen molar-refractivity contribution in [2.45, 2.75) is 6.18 Å². The molecule has 31 heavy (non-hydrogen) atoms. The maximum absolute atomic E-state index is 13.6. The van der Waals surface area contributed by atoms with Crippen LogP contribution in [0.1, 0.15) is 5.56 Å². The maximum Gasteiger partial charge on any atom is 0.417 e. The zero-order valence-electron chi connectivity index (χ0n) is 15.8. The average Bonchev–Trinajstić information content (AvgIpc) is 3.16. The van der Waals surface area contributed by atoms with Crippen LogP contribution in [-0.2, 0) is 6.18 Å². The summed E-state index contributed by atoms with van der Waals surface area (Å²) in [6.07, 6.45) is -4.58. The summed E-state index contributed by atoms with van der Waals surface area (Å²) < 4.78 is 40.7. The van der Waals surface area contributed by atoms with E-state index in [0.717, 1.165) is 17.0 Å². The Morgan fingerprint density at radius 3 is 2.39 bits per heavy atom. The Hall–Kier alpha value is -4.14. The smallest absolute Gasteiger partial charge is 0.417 e. The molecule has 0 atom stereocenters. The zero-order chi connectivity index (χ0) is 21.6. The zero-order valence-corrected chi connectivity index (χ0v) is 15.8. The molecule has 6 nitrogen and oxygen atoms in total. The van der Waals surface area contributed by atoms with Gasteiger partial charge in [-0.15, -0.1) is 0 Å². The molecule has 0 radical (unpaired) electrons. The third kappa shape index (κ3) is 3.29. The first kappa shape index (κ1) is 18.9. The van der Waals surface area contributed by atoms with Gasteiger partial charge in [-0.25, -0.2) is 9.97 Å². The second-order valence-electron chi connectivity index (χ2n) is 6.86. The highest BCUT2D eigenvalue weighted by atomic mass is 19.4. The van der Waals surface area contributed by atoms with Gasteiger partial charge in [-0.3, -0.25) is 5.10 Å². The van der Waals surface area contributed by atoms with E-state index in [2.05, 4.69) is 25.5 Å². The van der Waals surface area contributed by atoms with E-state index in [1.807, 2.05) is 24.3 Å². The number of aromatic amines is 1. The first-order valence-corrected chi connectivity index (χ1v) is 9.28. The van der Waals surface area contributed by atoms with Crippen molar-refractivity contribution in [1.29, 1.82) is 0 Å². The van der Waals surface area contributed by atoms with E-state index in [0.29, 0.717) is 11.2 Å². The topological polar surface area (TPSA) is 86.7 Å². The van der Waals surface area contributed by atoms with E-state index in [4.69, 9.17) is 0 Å². The summed E-state index contributed by atoms with van der Waals surface area (Å²) in [5, 5.41) is 21.8.